The number of fused-ring (bicyclic) bond motifs is 1. The topological polar surface area (TPSA) is 84.3 Å². The van der Waals surface area contributed by atoms with Crippen LogP contribution in [0.1, 0.15) is 23.1 Å². The third-order valence-corrected chi connectivity index (χ3v) is 4.72. The van der Waals surface area contributed by atoms with Crippen LogP contribution in [-0.4, -0.2) is 58.7 Å². The van der Waals surface area contributed by atoms with Crippen LogP contribution in [-0.2, 0) is 4.74 Å². The van der Waals surface area contributed by atoms with Gasteiger partial charge in [0, 0.05) is 32.4 Å². The Morgan fingerprint density at radius 2 is 1.71 bits per heavy atom. The molecule has 1 saturated heterocycles. The van der Waals surface area contributed by atoms with Crippen LogP contribution < -0.4 is 9.80 Å². The van der Waals surface area contributed by atoms with Crippen molar-refractivity contribution in [2.24, 2.45) is 0 Å². The quantitative estimate of drug-likeness (QED) is 0.639. The summed E-state index contributed by atoms with van der Waals surface area (Å²) in [5.74, 6) is 1.74. The number of carbonyl (C=O) groups is 1. The largest absolute Gasteiger partial charge is 0.462 e. The number of anilines is 2. The van der Waals surface area contributed by atoms with Gasteiger partial charge in [-0.2, -0.15) is 0 Å². The predicted octanol–water partition coefficient (Wildman–Crippen LogP) is 2.23. The maximum Gasteiger partial charge on any atom is 0.343 e. The third-order valence-electron chi connectivity index (χ3n) is 4.72. The van der Waals surface area contributed by atoms with Crippen LogP contribution in [0.15, 0.2) is 36.7 Å². The fourth-order valence-corrected chi connectivity index (χ4v) is 3.30. The Bertz CT molecular complexity index is 1000. The lowest BCUT2D eigenvalue weighted by molar-refractivity contribution is 0.0526. The van der Waals surface area contributed by atoms with Gasteiger partial charge in [-0.05, 0) is 26.0 Å². The highest BCUT2D eigenvalue weighted by atomic mass is 16.5. The fourth-order valence-electron chi connectivity index (χ4n) is 3.30. The van der Waals surface area contributed by atoms with Gasteiger partial charge < -0.3 is 14.5 Å². The van der Waals surface area contributed by atoms with Crippen LogP contribution >= 0.6 is 0 Å². The first-order chi connectivity index (χ1) is 13.7. The summed E-state index contributed by atoms with van der Waals surface area (Å²) in [5, 5.41) is 0. The molecule has 2 aromatic heterocycles. The molecule has 0 N–H and O–H groups in total. The Morgan fingerprint density at radius 3 is 2.46 bits per heavy atom. The van der Waals surface area contributed by atoms with Gasteiger partial charge in [0.05, 0.1) is 23.8 Å². The number of aromatic nitrogens is 4. The Kier molecular flexibility index (Phi) is 5.01. The number of ether oxygens (including phenoxy) is 1. The van der Waals surface area contributed by atoms with E-state index in [1.807, 2.05) is 37.4 Å². The normalized spacial score (nSPS) is 14.4. The van der Waals surface area contributed by atoms with Crippen LogP contribution in [0.5, 0.6) is 0 Å². The van der Waals surface area contributed by atoms with Gasteiger partial charge in [-0.25, -0.2) is 19.7 Å². The highest BCUT2D eigenvalue weighted by Crippen LogP contribution is 2.22. The molecule has 1 aromatic carbocycles. The zero-order chi connectivity index (χ0) is 19.5. The van der Waals surface area contributed by atoms with E-state index in [1.165, 1.54) is 0 Å². The van der Waals surface area contributed by atoms with Crippen molar-refractivity contribution < 1.29 is 9.53 Å². The van der Waals surface area contributed by atoms with E-state index in [9.17, 15) is 4.79 Å². The molecule has 0 aliphatic carbocycles. The van der Waals surface area contributed by atoms with Crippen molar-refractivity contribution >= 4 is 28.6 Å². The van der Waals surface area contributed by atoms with Crippen LogP contribution in [0.4, 0.5) is 11.6 Å². The molecule has 1 aliphatic heterocycles. The first-order valence-corrected chi connectivity index (χ1v) is 9.38. The molecule has 0 saturated carbocycles. The van der Waals surface area contributed by atoms with E-state index in [-0.39, 0.29) is 5.97 Å². The summed E-state index contributed by atoms with van der Waals surface area (Å²) in [7, 11) is 0. The highest BCUT2D eigenvalue weighted by Gasteiger charge is 2.25. The van der Waals surface area contributed by atoms with Crippen LogP contribution in [0, 0.1) is 6.92 Å². The number of para-hydroxylation sites is 2. The predicted molar refractivity (Wildman–Crippen MR) is 107 cm³/mol. The summed E-state index contributed by atoms with van der Waals surface area (Å²) in [6.45, 7) is 6.89. The van der Waals surface area contributed by atoms with Gasteiger partial charge >= 0.3 is 5.97 Å². The number of hydrogen-bond acceptors (Lipinski definition) is 8. The lowest BCUT2D eigenvalue weighted by Crippen LogP contribution is -2.47. The van der Waals surface area contributed by atoms with E-state index in [4.69, 9.17) is 9.72 Å². The fraction of sp³-hybridized carbons (Fsp3) is 0.350. The zero-order valence-corrected chi connectivity index (χ0v) is 16.0. The molecule has 0 bridgehead atoms. The first-order valence-electron chi connectivity index (χ1n) is 9.38. The summed E-state index contributed by atoms with van der Waals surface area (Å²) >= 11 is 0. The third kappa shape index (κ3) is 3.58. The Labute approximate surface area is 163 Å². The lowest BCUT2D eigenvalue weighted by atomic mass is 10.2. The monoisotopic (exact) mass is 378 g/mol. The lowest BCUT2D eigenvalue weighted by Gasteiger charge is -2.36. The molecule has 1 fully saturated rings. The molecule has 0 unspecified atom stereocenters. The van der Waals surface area contributed by atoms with Gasteiger partial charge in [0.25, 0.3) is 0 Å². The summed E-state index contributed by atoms with van der Waals surface area (Å²) in [4.78, 5) is 34.5. The zero-order valence-electron chi connectivity index (χ0n) is 16.0. The average molecular weight is 378 g/mol. The van der Waals surface area contributed by atoms with E-state index < -0.39 is 0 Å². The number of esters is 1. The van der Waals surface area contributed by atoms with Crippen LogP contribution in [0.25, 0.3) is 11.0 Å². The van der Waals surface area contributed by atoms with Crippen molar-refractivity contribution in [2.75, 3.05) is 42.6 Å². The number of carbonyl (C=O) groups excluding carboxylic acids is 1. The molecule has 4 rings (SSSR count). The molecular formula is C20H22N6O2. The van der Waals surface area contributed by atoms with Gasteiger partial charge in [-0.3, -0.25) is 4.98 Å². The van der Waals surface area contributed by atoms with Crippen LogP contribution in [0.2, 0.25) is 0 Å². The summed E-state index contributed by atoms with van der Waals surface area (Å²) in [6, 6.07) is 7.85. The van der Waals surface area contributed by atoms with Crippen molar-refractivity contribution in [3.63, 3.8) is 0 Å². The molecule has 0 radical (unpaired) electrons. The van der Waals surface area contributed by atoms with E-state index >= 15 is 0 Å². The van der Waals surface area contributed by atoms with Crippen LogP contribution in [0.3, 0.4) is 0 Å². The van der Waals surface area contributed by atoms with Crippen molar-refractivity contribution in [1.29, 1.82) is 0 Å². The molecule has 0 atom stereocenters. The van der Waals surface area contributed by atoms with Crippen molar-refractivity contribution in [2.45, 2.75) is 13.8 Å². The summed E-state index contributed by atoms with van der Waals surface area (Å²) in [6.07, 6.45) is 3.37. The Morgan fingerprint density at radius 1 is 1.00 bits per heavy atom. The molecule has 0 amide bonds. The van der Waals surface area contributed by atoms with Crippen molar-refractivity contribution in [1.82, 2.24) is 19.9 Å². The summed E-state index contributed by atoms with van der Waals surface area (Å²) in [5.41, 5.74) is 2.19. The highest BCUT2D eigenvalue weighted by molar-refractivity contribution is 5.94. The molecule has 3 heterocycles. The minimum Gasteiger partial charge on any atom is -0.462 e. The van der Waals surface area contributed by atoms with Gasteiger partial charge in [0.1, 0.15) is 23.0 Å². The summed E-state index contributed by atoms with van der Waals surface area (Å²) < 4.78 is 5.16. The van der Waals surface area contributed by atoms with E-state index in [2.05, 4.69) is 24.8 Å². The minimum atomic E-state index is -0.389. The van der Waals surface area contributed by atoms with E-state index in [1.54, 1.807) is 13.1 Å². The molecular weight excluding hydrogens is 356 g/mol. The van der Waals surface area contributed by atoms with E-state index in [0.29, 0.717) is 23.8 Å². The van der Waals surface area contributed by atoms with Gasteiger partial charge in [-0.1, -0.05) is 12.1 Å². The molecule has 0 spiro atoms. The SMILES string of the molecule is CCOC(=O)c1cnc(C)nc1N1CCN(c2cnc3ccccc3n2)CC1. The van der Waals surface area contributed by atoms with E-state index in [0.717, 1.165) is 43.0 Å². The molecule has 28 heavy (non-hydrogen) atoms. The number of benzene rings is 1. The number of rotatable bonds is 4. The maximum absolute atomic E-state index is 12.3. The molecule has 8 heteroatoms. The number of hydrogen-bond donors (Lipinski definition) is 0. The maximum atomic E-state index is 12.3. The number of piperazine rings is 1. The second-order valence-corrected chi connectivity index (χ2v) is 6.57. The molecule has 8 nitrogen and oxygen atoms in total. The van der Waals surface area contributed by atoms with Gasteiger partial charge in [0.15, 0.2) is 0 Å². The van der Waals surface area contributed by atoms with Crippen molar-refractivity contribution in [3.8, 4) is 0 Å². The molecule has 1 aliphatic rings. The second kappa shape index (κ2) is 7.75. The minimum absolute atomic E-state index is 0.320. The molecule has 3 aromatic rings. The first kappa shape index (κ1) is 18.1. The average Bonchev–Trinajstić information content (AvgIpc) is 2.73. The Balaban J connectivity index is 1.52. The van der Waals surface area contributed by atoms with Gasteiger partial charge in [-0.15, -0.1) is 0 Å². The number of aryl methyl sites for hydroxylation is 1. The van der Waals surface area contributed by atoms with Gasteiger partial charge in [0.2, 0.25) is 0 Å². The standard InChI is InChI=1S/C20H22N6O2/c1-3-28-20(27)15-12-21-14(2)23-19(15)26-10-8-25(9-11-26)18-13-22-16-6-4-5-7-17(16)24-18/h4-7,12-13H,3,8-11H2,1-2H3. The van der Waals surface area contributed by atoms with Crippen molar-refractivity contribution in [3.05, 3.63) is 48.0 Å². The molecule has 144 valence electrons. The smallest absolute Gasteiger partial charge is 0.343 e. The Hall–Kier alpha value is -3.29. The second-order valence-electron chi connectivity index (χ2n) is 6.57. The number of nitrogens with zero attached hydrogens (tertiary/aromatic N) is 6.